The Labute approximate surface area is 141 Å². The van der Waals surface area contributed by atoms with E-state index in [1.165, 1.54) is 0 Å². The highest BCUT2D eigenvalue weighted by atomic mass is 35.5. The number of benzene rings is 1. The molecule has 1 N–H and O–H groups in total. The van der Waals surface area contributed by atoms with E-state index in [0.29, 0.717) is 28.8 Å². The van der Waals surface area contributed by atoms with E-state index in [0.717, 1.165) is 19.6 Å². The van der Waals surface area contributed by atoms with Crippen LogP contribution in [0.25, 0.3) is 0 Å². The minimum Gasteiger partial charge on any atom is -0.491 e. The zero-order valence-corrected chi connectivity index (χ0v) is 14.1. The summed E-state index contributed by atoms with van der Waals surface area (Å²) in [6.45, 7) is 4.80. The topological polar surface area (TPSA) is 41.6 Å². The Hall–Kier alpha value is -0.680. The van der Waals surface area contributed by atoms with Gasteiger partial charge in [0.2, 0.25) is 5.91 Å². The summed E-state index contributed by atoms with van der Waals surface area (Å²) in [6, 6.07) is 5.28. The minimum atomic E-state index is 0. The van der Waals surface area contributed by atoms with Crippen molar-refractivity contribution in [3.8, 4) is 5.75 Å². The number of carbonyl (C=O) groups is 1. The summed E-state index contributed by atoms with van der Waals surface area (Å²) >= 11 is 11.8. The van der Waals surface area contributed by atoms with Gasteiger partial charge in [-0.2, -0.15) is 0 Å². The molecule has 1 saturated heterocycles. The lowest BCUT2D eigenvalue weighted by Crippen LogP contribution is -2.52. The van der Waals surface area contributed by atoms with E-state index >= 15 is 0 Å². The predicted molar refractivity (Wildman–Crippen MR) is 87.9 cm³/mol. The van der Waals surface area contributed by atoms with Crippen LogP contribution in [-0.2, 0) is 4.79 Å². The zero-order chi connectivity index (χ0) is 14.5. The van der Waals surface area contributed by atoms with Crippen LogP contribution in [-0.4, -0.2) is 43.1 Å². The lowest BCUT2D eigenvalue weighted by molar-refractivity contribution is -0.134. The predicted octanol–water partition coefficient (Wildman–Crippen LogP) is 3.00. The van der Waals surface area contributed by atoms with Crippen molar-refractivity contribution in [2.24, 2.45) is 0 Å². The third-order valence-electron chi connectivity index (χ3n) is 3.29. The van der Waals surface area contributed by atoms with Crippen LogP contribution >= 0.6 is 35.6 Å². The lowest BCUT2D eigenvalue weighted by atomic mass is 10.2. The summed E-state index contributed by atoms with van der Waals surface area (Å²) < 4.78 is 5.53. The molecule has 0 radical (unpaired) electrons. The van der Waals surface area contributed by atoms with E-state index in [9.17, 15) is 4.79 Å². The second-order valence-electron chi connectivity index (χ2n) is 4.81. The molecule has 21 heavy (non-hydrogen) atoms. The number of nitrogens with one attached hydrogen (secondary N) is 1. The molecule has 0 aliphatic carbocycles. The van der Waals surface area contributed by atoms with Gasteiger partial charge in [-0.1, -0.05) is 23.2 Å². The fourth-order valence-corrected chi connectivity index (χ4v) is 2.66. The second-order valence-corrected chi connectivity index (χ2v) is 5.66. The summed E-state index contributed by atoms with van der Waals surface area (Å²) in [5, 5.41) is 4.28. The maximum absolute atomic E-state index is 12.1. The van der Waals surface area contributed by atoms with Crippen LogP contribution in [0.5, 0.6) is 5.75 Å². The molecule has 118 valence electrons. The first-order valence-corrected chi connectivity index (χ1v) is 7.41. The van der Waals surface area contributed by atoms with Crippen molar-refractivity contribution in [1.82, 2.24) is 10.2 Å². The summed E-state index contributed by atoms with van der Waals surface area (Å²) in [5.74, 6) is 0.668. The Morgan fingerprint density at radius 1 is 1.48 bits per heavy atom. The number of hydrogen-bond acceptors (Lipinski definition) is 3. The van der Waals surface area contributed by atoms with Gasteiger partial charge in [0.25, 0.3) is 0 Å². The van der Waals surface area contributed by atoms with Crippen molar-refractivity contribution in [2.75, 3.05) is 26.2 Å². The number of piperazine rings is 1. The maximum atomic E-state index is 12.1. The van der Waals surface area contributed by atoms with Gasteiger partial charge in [0.15, 0.2) is 0 Å². The summed E-state index contributed by atoms with van der Waals surface area (Å²) in [5.41, 5.74) is 0. The van der Waals surface area contributed by atoms with Crippen LogP contribution in [0.1, 0.15) is 13.3 Å². The molecule has 0 aromatic heterocycles. The highest BCUT2D eigenvalue weighted by Crippen LogP contribution is 2.27. The number of hydrogen-bond donors (Lipinski definition) is 1. The third-order valence-corrected chi connectivity index (χ3v) is 3.82. The zero-order valence-electron chi connectivity index (χ0n) is 11.8. The van der Waals surface area contributed by atoms with Crippen molar-refractivity contribution < 1.29 is 9.53 Å². The van der Waals surface area contributed by atoms with Gasteiger partial charge in [-0.05, 0) is 25.1 Å². The molecule has 1 aromatic rings. The van der Waals surface area contributed by atoms with Gasteiger partial charge in [-0.3, -0.25) is 4.79 Å². The van der Waals surface area contributed by atoms with Crippen LogP contribution in [0, 0.1) is 0 Å². The summed E-state index contributed by atoms with van der Waals surface area (Å²) in [4.78, 5) is 14.0. The molecule has 1 unspecified atom stereocenters. The highest BCUT2D eigenvalue weighted by molar-refractivity contribution is 6.35. The van der Waals surface area contributed by atoms with Gasteiger partial charge in [-0.15, -0.1) is 12.4 Å². The number of nitrogens with zero attached hydrogens (tertiary/aromatic N) is 1. The van der Waals surface area contributed by atoms with Gasteiger partial charge in [0.05, 0.1) is 18.1 Å². The smallest absolute Gasteiger partial charge is 0.226 e. The average molecular weight is 354 g/mol. The van der Waals surface area contributed by atoms with Crippen LogP contribution < -0.4 is 10.1 Å². The Morgan fingerprint density at radius 2 is 2.24 bits per heavy atom. The van der Waals surface area contributed by atoms with Gasteiger partial charge < -0.3 is 15.0 Å². The van der Waals surface area contributed by atoms with E-state index in [4.69, 9.17) is 27.9 Å². The highest BCUT2D eigenvalue weighted by Gasteiger charge is 2.22. The second kappa shape index (κ2) is 8.69. The maximum Gasteiger partial charge on any atom is 0.226 e. The van der Waals surface area contributed by atoms with E-state index < -0.39 is 0 Å². The standard InChI is InChI=1S/C14H18Cl2N2O2.ClH/c1-10-9-17-5-6-18(10)14(19)4-7-20-13-3-2-11(15)8-12(13)16;/h2-3,8,10,17H,4-7,9H2,1H3;1H. The molecule has 4 nitrogen and oxygen atoms in total. The number of halogens is 3. The molecule has 1 aromatic carbocycles. The SMILES string of the molecule is CC1CNCCN1C(=O)CCOc1ccc(Cl)cc1Cl.Cl. The Kier molecular flexibility index (Phi) is 7.60. The normalized spacial score (nSPS) is 18.0. The molecular formula is C14H19Cl3N2O2. The van der Waals surface area contributed by atoms with Crippen LogP contribution in [0.4, 0.5) is 0 Å². The van der Waals surface area contributed by atoms with Crippen LogP contribution in [0.15, 0.2) is 18.2 Å². The van der Waals surface area contributed by atoms with Crippen molar-refractivity contribution >= 4 is 41.5 Å². The monoisotopic (exact) mass is 352 g/mol. The van der Waals surface area contributed by atoms with Crippen molar-refractivity contribution in [3.05, 3.63) is 28.2 Å². The number of rotatable bonds is 4. The molecule has 1 atom stereocenters. The molecular weight excluding hydrogens is 335 g/mol. The molecule has 1 heterocycles. The van der Waals surface area contributed by atoms with Crippen molar-refractivity contribution in [3.63, 3.8) is 0 Å². The first kappa shape index (κ1) is 18.4. The molecule has 2 rings (SSSR count). The molecule has 1 fully saturated rings. The van der Waals surface area contributed by atoms with Gasteiger partial charge in [-0.25, -0.2) is 0 Å². The summed E-state index contributed by atoms with van der Waals surface area (Å²) in [7, 11) is 0. The van der Waals surface area contributed by atoms with E-state index in [1.54, 1.807) is 18.2 Å². The lowest BCUT2D eigenvalue weighted by Gasteiger charge is -2.34. The first-order valence-electron chi connectivity index (χ1n) is 6.66. The molecule has 0 spiro atoms. The Morgan fingerprint density at radius 3 is 2.90 bits per heavy atom. The van der Waals surface area contributed by atoms with E-state index in [1.807, 2.05) is 11.8 Å². The average Bonchev–Trinajstić information content (AvgIpc) is 2.41. The molecule has 1 aliphatic heterocycles. The molecule has 0 saturated carbocycles. The number of amides is 1. The molecule has 1 amide bonds. The Balaban J connectivity index is 0.00000220. The molecule has 7 heteroatoms. The van der Waals surface area contributed by atoms with E-state index in [2.05, 4.69) is 5.32 Å². The van der Waals surface area contributed by atoms with Crippen LogP contribution in [0.3, 0.4) is 0 Å². The van der Waals surface area contributed by atoms with E-state index in [-0.39, 0.29) is 24.4 Å². The van der Waals surface area contributed by atoms with Gasteiger partial charge >= 0.3 is 0 Å². The third kappa shape index (κ3) is 5.22. The fraction of sp³-hybridized carbons (Fsp3) is 0.500. The largest absolute Gasteiger partial charge is 0.491 e. The quantitative estimate of drug-likeness (QED) is 0.905. The van der Waals surface area contributed by atoms with Crippen molar-refractivity contribution in [2.45, 2.75) is 19.4 Å². The number of carbonyl (C=O) groups excluding carboxylic acids is 1. The van der Waals surface area contributed by atoms with Gasteiger partial charge in [0.1, 0.15) is 5.75 Å². The fourth-order valence-electron chi connectivity index (χ4n) is 2.20. The van der Waals surface area contributed by atoms with Gasteiger partial charge in [0, 0.05) is 30.7 Å². The van der Waals surface area contributed by atoms with Crippen LogP contribution in [0.2, 0.25) is 10.0 Å². The molecule has 1 aliphatic rings. The minimum absolute atomic E-state index is 0. The number of ether oxygens (including phenoxy) is 1. The molecule has 0 bridgehead atoms. The first-order chi connectivity index (χ1) is 9.58. The Bertz CT molecular complexity index is 485. The summed E-state index contributed by atoms with van der Waals surface area (Å²) in [6.07, 6.45) is 0.350. The van der Waals surface area contributed by atoms with Crippen molar-refractivity contribution in [1.29, 1.82) is 0 Å².